The number of benzene rings is 2. The number of ether oxygens (including phenoxy) is 1. The third-order valence-electron chi connectivity index (χ3n) is 5.46. The van der Waals surface area contributed by atoms with Crippen molar-refractivity contribution >= 4 is 12.1 Å². The standard InChI is InChI=1S/C23H27NO4/c1-15-11-16(2)21(17(3)12-15)20-13-19(22(25)26)9-10-24(20)23(27)28-14-18-7-5-4-6-8-18/h4-8,11-12,19-20H,9-10,13-14H2,1-3H3,(H,25,26). The van der Waals surface area contributed by atoms with Crippen molar-refractivity contribution < 1.29 is 19.4 Å². The van der Waals surface area contributed by atoms with E-state index in [-0.39, 0.29) is 12.6 Å². The second-order valence-electron chi connectivity index (χ2n) is 7.62. The van der Waals surface area contributed by atoms with E-state index in [1.54, 1.807) is 4.90 Å². The molecule has 1 saturated heterocycles. The summed E-state index contributed by atoms with van der Waals surface area (Å²) >= 11 is 0. The molecule has 0 aliphatic carbocycles. The van der Waals surface area contributed by atoms with Crippen molar-refractivity contribution in [2.75, 3.05) is 6.54 Å². The summed E-state index contributed by atoms with van der Waals surface area (Å²) in [4.78, 5) is 26.2. The lowest BCUT2D eigenvalue weighted by atomic mass is 9.83. The summed E-state index contributed by atoms with van der Waals surface area (Å²) in [5.41, 5.74) is 5.27. The molecule has 1 amide bonds. The molecule has 28 heavy (non-hydrogen) atoms. The van der Waals surface area contributed by atoms with Gasteiger partial charge in [-0.15, -0.1) is 0 Å². The zero-order valence-corrected chi connectivity index (χ0v) is 16.6. The lowest BCUT2D eigenvalue weighted by molar-refractivity contribution is -0.144. The molecule has 1 N–H and O–H groups in total. The Bertz CT molecular complexity index is 839. The van der Waals surface area contributed by atoms with Crippen LogP contribution in [0, 0.1) is 26.7 Å². The molecule has 1 aliphatic heterocycles. The molecule has 148 valence electrons. The van der Waals surface area contributed by atoms with E-state index in [1.807, 2.05) is 51.1 Å². The number of aryl methyl sites for hydroxylation is 3. The van der Waals surface area contributed by atoms with Gasteiger partial charge in [0.15, 0.2) is 0 Å². The number of hydrogen-bond donors (Lipinski definition) is 1. The molecule has 0 aromatic heterocycles. The Kier molecular flexibility index (Phi) is 6.02. The van der Waals surface area contributed by atoms with E-state index in [2.05, 4.69) is 12.1 Å². The van der Waals surface area contributed by atoms with E-state index in [1.165, 1.54) is 0 Å². The second kappa shape index (κ2) is 8.46. The van der Waals surface area contributed by atoms with Gasteiger partial charge in [0.1, 0.15) is 6.61 Å². The Morgan fingerprint density at radius 2 is 1.75 bits per heavy atom. The van der Waals surface area contributed by atoms with Crippen LogP contribution < -0.4 is 0 Å². The van der Waals surface area contributed by atoms with Gasteiger partial charge < -0.3 is 14.7 Å². The van der Waals surface area contributed by atoms with Crippen LogP contribution in [0.15, 0.2) is 42.5 Å². The molecule has 0 bridgehead atoms. The molecule has 5 nitrogen and oxygen atoms in total. The molecule has 0 spiro atoms. The van der Waals surface area contributed by atoms with Crippen LogP contribution in [0.25, 0.3) is 0 Å². The number of likely N-dealkylation sites (tertiary alicyclic amines) is 1. The van der Waals surface area contributed by atoms with Crippen molar-refractivity contribution in [1.29, 1.82) is 0 Å². The third kappa shape index (κ3) is 4.35. The topological polar surface area (TPSA) is 66.8 Å². The number of nitrogens with zero attached hydrogens (tertiary/aromatic N) is 1. The fourth-order valence-corrected chi connectivity index (χ4v) is 4.20. The summed E-state index contributed by atoms with van der Waals surface area (Å²) in [5.74, 6) is -1.26. The maximum Gasteiger partial charge on any atom is 0.410 e. The smallest absolute Gasteiger partial charge is 0.410 e. The molecule has 2 aromatic rings. The number of carboxylic acid groups (broad SMARTS) is 1. The Hall–Kier alpha value is -2.82. The van der Waals surface area contributed by atoms with Crippen LogP contribution in [-0.2, 0) is 16.1 Å². The molecule has 0 saturated carbocycles. The predicted octanol–water partition coefficient (Wildman–Crippen LogP) is 4.79. The molecule has 2 atom stereocenters. The van der Waals surface area contributed by atoms with Crippen LogP contribution >= 0.6 is 0 Å². The maximum atomic E-state index is 12.9. The molecule has 1 fully saturated rings. The molecule has 1 aliphatic rings. The SMILES string of the molecule is Cc1cc(C)c(C2CC(C(=O)O)CCN2C(=O)OCc2ccccc2)c(C)c1. The van der Waals surface area contributed by atoms with Gasteiger partial charge in [0.05, 0.1) is 12.0 Å². The van der Waals surface area contributed by atoms with Gasteiger partial charge in [-0.2, -0.15) is 0 Å². The molecule has 3 rings (SSSR count). The van der Waals surface area contributed by atoms with E-state index >= 15 is 0 Å². The number of hydrogen-bond acceptors (Lipinski definition) is 3. The Morgan fingerprint density at radius 1 is 1.11 bits per heavy atom. The highest BCUT2D eigenvalue weighted by Gasteiger charge is 2.37. The van der Waals surface area contributed by atoms with Gasteiger partial charge in [0.2, 0.25) is 0 Å². The lowest BCUT2D eigenvalue weighted by Gasteiger charge is -2.39. The Labute approximate surface area is 165 Å². The van der Waals surface area contributed by atoms with Crippen LogP contribution in [0.5, 0.6) is 0 Å². The fourth-order valence-electron chi connectivity index (χ4n) is 4.20. The molecule has 0 radical (unpaired) electrons. The summed E-state index contributed by atoms with van der Waals surface area (Å²) in [6.07, 6.45) is 0.452. The highest BCUT2D eigenvalue weighted by atomic mass is 16.6. The largest absolute Gasteiger partial charge is 0.481 e. The molecule has 2 unspecified atom stereocenters. The number of amides is 1. The van der Waals surface area contributed by atoms with Gasteiger partial charge in [-0.05, 0) is 55.9 Å². The van der Waals surface area contributed by atoms with Crippen LogP contribution in [0.2, 0.25) is 0 Å². The number of piperidine rings is 1. The number of aliphatic carboxylic acids is 1. The zero-order chi connectivity index (χ0) is 20.3. The number of carbonyl (C=O) groups excluding carboxylic acids is 1. The van der Waals surface area contributed by atoms with Crippen LogP contribution in [0.4, 0.5) is 4.79 Å². The van der Waals surface area contributed by atoms with Crippen molar-refractivity contribution in [2.45, 2.75) is 46.3 Å². The van der Waals surface area contributed by atoms with Gasteiger partial charge in [-0.1, -0.05) is 48.0 Å². The molecular weight excluding hydrogens is 354 g/mol. The minimum absolute atomic E-state index is 0.205. The van der Waals surface area contributed by atoms with E-state index in [0.29, 0.717) is 19.4 Å². The average Bonchev–Trinajstić information content (AvgIpc) is 2.66. The lowest BCUT2D eigenvalue weighted by Crippen LogP contribution is -2.43. The first-order valence-electron chi connectivity index (χ1n) is 9.64. The van der Waals surface area contributed by atoms with Crippen molar-refractivity contribution in [2.24, 2.45) is 5.92 Å². The van der Waals surface area contributed by atoms with Crippen molar-refractivity contribution in [3.63, 3.8) is 0 Å². The number of carboxylic acids is 1. The van der Waals surface area contributed by atoms with Crippen LogP contribution in [-0.4, -0.2) is 28.6 Å². The molecule has 2 aromatic carbocycles. The first kappa shape index (κ1) is 19.9. The van der Waals surface area contributed by atoms with Gasteiger partial charge in [0, 0.05) is 6.54 Å². The first-order valence-corrected chi connectivity index (χ1v) is 9.64. The van der Waals surface area contributed by atoms with E-state index in [4.69, 9.17) is 4.74 Å². The highest BCUT2D eigenvalue weighted by Crippen LogP contribution is 2.38. The van der Waals surface area contributed by atoms with Gasteiger partial charge in [-0.3, -0.25) is 4.79 Å². The van der Waals surface area contributed by atoms with Crippen molar-refractivity contribution in [1.82, 2.24) is 4.90 Å². The minimum atomic E-state index is -0.801. The monoisotopic (exact) mass is 381 g/mol. The highest BCUT2D eigenvalue weighted by molar-refractivity contribution is 5.72. The number of rotatable bonds is 4. The Morgan fingerprint density at radius 3 is 2.36 bits per heavy atom. The van der Waals surface area contributed by atoms with E-state index < -0.39 is 18.0 Å². The van der Waals surface area contributed by atoms with Crippen molar-refractivity contribution in [3.8, 4) is 0 Å². The van der Waals surface area contributed by atoms with Gasteiger partial charge >= 0.3 is 12.1 Å². The summed E-state index contributed by atoms with van der Waals surface area (Å²) < 4.78 is 5.56. The van der Waals surface area contributed by atoms with E-state index in [9.17, 15) is 14.7 Å². The van der Waals surface area contributed by atoms with E-state index in [0.717, 1.165) is 27.8 Å². The molecular formula is C23H27NO4. The maximum absolute atomic E-state index is 12.9. The average molecular weight is 381 g/mol. The van der Waals surface area contributed by atoms with Crippen LogP contribution in [0.3, 0.4) is 0 Å². The van der Waals surface area contributed by atoms with Gasteiger partial charge in [0.25, 0.3) is 0 Å². The van der Waals surface area contributed by atoms with Crippen LogP contribution in [0.1, 0.15) is 46.7 Å². The predicted molar refractivity (Wildman–Crippen MR) is 107 cm³/mol. The fraction of sp³-hybridized carbons (Fsp3) is 0.391. The number of carbonyl (C=O) groups is 2. The van der Waals surface area contributed by atoms with Crippen molar-refractivity contribution in [3.05, 3.63) is 70.3 Å². The quantitative estimate of drug-likeness (QED) is 0.827. The normalized spacial score (nSPS) is 19.3. The van der Waals surface area contributed by atoms with Gasteiger partial charge in [-0.25, -0.2) is 4.79 Å². The summed E-state index contributed by atoms with van der Waals surface area (Å²) in [7, 11) is 0. The molecule has 5 heteroatoms. The third-order valence-corrected chi connectivity index (χ3v) is 5.46. The minimum Gasteiger partial charge on any atom is -0.481 e. The first-order chi connectivity index (χ1) is 13.4. The summed E-state index contributed by atoms with van der Waals surface area (Å²) in [6.45, 7) is 6.66. The summed E-state index contributed by atoms with van der Waals surface area (Å²) in [6, 6.07) is 13.4. The summed E-state index contributed by atoms with van der Waals surface area (Å²) in [5, 5.41) is 9.53. The Balaban J connectivity index is 1.85. The zero-order valence-electron chi connectivity index (χ0n) is 16.6. The second-order valence-corrected chi connectivity index (χ2v) is 7.62. The molecule has 1 heterocycles.